The summed E-state index contributed by atoms with van der Waals surface area (Å²) in [6.07, 6.45) is 4.94. The highest BCUT2D eigenvalue weighted by atomic mass is 16.2. The normalized spacial score (nSPS) is 10.5. The van der Waals surface area contributed by atoms with E-state index >= 15 is 0 Å². The van der Waals surface area contributed by atoms with E-state index in [-0.39, 0.29) is 17.7 Å². The number of carbonyl (C=O) groups excluding carboxylic acids is 2. The molecule has 4 nitrogen and oxygen atoms in total. The van der Waals surface area contributed by atoms with Gasteiger partial charge in [-0.25, -0.2) is 0 Å². The summed E-state index contributed by atoms with van der Waals surface area (Å²) in [5.41, 5.74) is 1.36. The summed E-state index contributed by atoms with van der Waals surface area (Å²) in [5, 5.41) is 5.80. The molecule has 0 aliphatic heterocycles. The number of unbranched alkanes of at least 4 members (excludes halogenated alkanes) is 2. The first kappa shape index (κ1) is 18.2. The van der Waals surface area contributed by atoms with Crippen molar-refractivity contribution in [1.82, 2.24) is 5.32 Å². The number of anilines is 1. The van der Waals surface area contributed by atoms with Crippen molar-refractivity contribution in [3.8, 4) is 0 Å². The van der Waals surface area contributed by atoms with Gasteiger partial charge in [-0.3, -0.25) is 9.59 Å². The first-order valence-electron chi connectivity index (χ1n) is 8.31. The lowest BCUT2D eigenvalue weighted by Crippen LogP contribution is -2.24. The Bertz CT molecular complexity index is 464. The van der Waals surface area contributed by atoms with Crippen molar-refractivity contribution >= 4 is 17.5 Å². The molecule has 0 heterocycles. The molecule has 0 aliphatic carbocycles. The predicted molar refractivity (Wildman–Crippen MR) is 91.0 cm³/mol. The summed E-state index contributed by atoms with van der Waals surface area (Å²) in [6, 6.07) is 7.05. The highest BCUT2D eigenvalue weighted by Crippen LogP contribution is 2.14. The average molecular weight is 304 g/mol. The van der Waals surface area contributed by atoms with Crippen LogP contribution in [0, 0.1) is 5.92 Å². The molecule has 0 fully saturated rings. The zero-order valence-corrected chi connectivity index (χ0v) is 13.9. The van der Waals surface area contributed by atoms with E-state index < -0.39 is 0 Å². The molecule has 22 heavy (non-hydrogen) atoms. The van der Waals surface area contributed by atoms with Crippen molar-refractivity contribution in [2.24, 2.45) is 5.92 Å². The fourth-order valence-electron chi connectivity index (χ4n) is 2.29. The second kappa shape index (κ2) is 9.98. The van der Waals surface area contributed by atoms with Gasteiger partial charge < -0.3 is 10.6 Å². The summed E-state index contributed by atoms with van der Waals surface area (Å²) in [5.74, 6) is 0.0253. The summed E-state index contributed by atoms with van der Waals surface area (Å²) in [4.78, 5) is 23.9. The van der Waals surface area contributed by atoms with Crippen LogP contribution >= 0.6 is 0 Å². The van der Waals surface area contributed by atoms with Gasteiger partial charge in [-0.05, 0) is 43.5 Å². The second-order valence-electron chi connectivity index (χ2n) is 5.54. The smallest absolute Gasteiger partial charge is 0.251 e. The van der Waals surface area contributed by atoms with Gasteiger partial charge in [-0.2, -0.15) is 0 Å². The van der Waals surface area contributed by atoms with E-state index in [4.69, 9.17) is 0 Å². The zero-order chi connectivity index (χ0) is 16.4. The topological polar surface area (TPSA) is 58.2 Å². The predicted octanol–water partition coefficient (Wildman–Crippen LogP) is 3.98. The van der Waals surface area contributed by atoms with Crippen LogP contribution in [-0.2, 0) is 4.79 Å². The number of benzene rings is 1. The van der Waals surface area contributed by atoms with Gasteiger partial charge in [0.05, 0.1) is 0 Å². The first-order valence-corrected chi connectivity index (χ1v) is 8.31. The summed E-state index contributed by atoms with van der Waals surface area (Å²) >= 11 is 0. The molecule has 0 radical (unpaired) electrons. The van der Waals surface area contributed by atoms with Crippen LogP contribution in [0.15, 0.2) is 24.3 Å². The highest BCUT2D eigenvalue weighted by molar-refractivity contribution is 5.96. The Morgan fingerprint density at radius 2 is 1.64 bits per heavy atom. The number of amides is 2. The first-order chi connectivity index (χ1) is 10.6. The maximum atomic E-state index is 12.0. The Labute approximate surface area is 133 Å². The number of carbonyl (C=O) groups is 2. The molecular formula is C18H28N2O2. The van der Waals surface area contributed by atoms with E-state index in [0.29, 0.717) is 12.1 Å². The monoisotopic (exact) mass is 304 g/mol. The molecule has 2 N–H and O–H groups in total. The van der Waals surface area contributed by atoms with Gasteiger partial charge in [-0.1, -0.05) is 33.6 Å². The Hall–Kier alpha value is -1.84. The van der Waals surface area contributed by atoms with E-state index in [0.717, 1.165) is 37.8 Å². The molecule has 0 atom stereocenters. The summed E-state index contributed by atoms with van der Waals surface area (Å²) < 4.78 is 0. The maximum absolute atomic E-state index is 12.0. The van der Waals surface area contributed by atoms with Gasteiger partial charge in [0.1, 0.15) is 0 Å². The van der Waals surface area contributed by atoms with E-state index in [1.165, 1.54) is 0 Å². The third-order valence-corrected chi connectivity index (χ3v) is 3.84. The Kier molecular flexibility index (Phi) is 8.26. The van der Waals surface area contributed by atoms with Crippen LogP contribution in [0.4, 0.5) is 5.69 Å². The molecule has 1 aromatic rings. The van der Waals surface area contributed by atoms with Gasteiger partial charge in [0.15, 0.2) is 0 Å². The van der Waals surface area contributed by atoms with Crippen molar-refractivity contribution in [1.29, 1.82) is 0 Å². The molecular weight excluding hydrogens is 276 g/mol. The minimum Gasteiger partial charge on any atom is -0.352 e. The lowest BCUT2D eigenvalue weighted by molar-refractivity contribution is -0.120. The van der Waals surface area contributed by atoms with Crippen LogP contribution in [0.1, 0.15) is 63.2 Å². The Morgan fingerprint density at radius 3 is 2.18 bits per heavy atom. The van der Waals surface area contributed by atoms with Crippen LogP contribution in [0.2, 0.25) is 0 Å². The van der Waals surface area contributed by atoms with Crippen molar-refractivity contribution in [2.45, 2.75) is 52.9 Å². The standard InChI is InChI=1S/C18H28N2O2/c1-4-7-8-13-19-17(21)15-9-11-16(12-10-15)20-18(22)14(5-2)6-3/h9-12,14H,4-8,13H2,1-3H3,(H,19,21)(H,20,22). The molecule has 0 saturated carbocycles. The molecule has 0 unspecified atom stereocenters. The number of hydrogen-bond acceptors (Lipinski definition) is 2. The molecule has 122 valence electrons. The molecule has 0 spiro atoms. The highest BCUT2D eigenvalue weighted by Gasteiger charge is 2.14. The van der Waals surface area contributed by atoms with Crippen LogP contribution in [0.5, 0.6) is 0 Å². The van der Waals surface area contributed by atoms with E-state index in [9.17, 15) is 9.59 Å². The van der Waals surface area contributed by atoms with Crippen LogP contribution in [-0.4, -0.2) is 18.4 Å². The van der Waals surface area contributed by atoms with Crippen molar-refractivity contribution in [3.05, 3.63) is 29.8 Å². The quantitative estimate of drug-likeness (QED) is 0.678. The third-order valence-electron chi connectivity index (χ3n) is 3.84. The molecule has 0 aliphatic rings. The maximum Gasteiger partial charge on any atom is 0.251 e. The molecule has 4 heteroatoms. The lowest BCUT2D eigenvalue weighted by Gasteiger charge is -2.13. The minimum atomic E-state index is -0.0611. The van der Waals surface area contributed by atoms with Gasteiger partial charge in [0.25, 0.3) is 5.91 Å². The van der Waals surface area contributed by atoms with Gasteiger partial charge >= 0.3 is 0 Å². The number of hydrogen-bond donors (Lipinski definition) is 2. The van der Waals surface area contributed by atoms with Crippen molar-refractivity contribution < 1.29 is 9.59 Å². The van der Waals surface area contributed by atoms with Gasteiger partial charge in [-0.15, -0.1) is 0 Å². The largest absolute Gasteiger partial charge is 0.352 e. The van der Waals surface area contributed by atoms with Crippen LogP contribution < -0.4 is 10.6 Å². The zero-order valence-electron chi connectivity index (χ0n) is 13.9. The molecule has 1 rings (SSSR count). The summed E-state index contributed by atoms with van der Waals surface area (Å²) in [6.45, 7) is 6.87. The Morgan fingerprint density at radius 1 is 1.00 bits per heavy atom. The molecule has 0 aromatic heterocycles. The molecule has 0 bridgehead atoms. The third kappa shape index (κ3) is 5.88. The second-order valence-corrected chi connectivity index (χ2v) is 5.54. The van der Waals surface area contributed by atoms with E-state index in [1.807, 2.05) is 13.8 Å². The summed E-state index contributed by atoms with van der Waals surface area (Å²) in [7, 11) is 0. The Balaban J connectivity index is 2.52. The minimum absolute atomic E-state index is 0.0431. The van der Waals surface area contributed by atoms with Crippen molar-refractivity contribution in [3.63, 3.8) is 0 Å². The number of nitrogens with one attached hydrogen (secondary N) is 2. The van der Waals surface area contributed by atoms with Gasteiger partial charge in [0, 0.05) is 23.7 Å². The molecule has 2 amide bonds. The lowest BCUT2D eigenvalue weighted by atomic mass is 10.0. The van der Waals surface area contributed by atoms with E-state index in [2.05, 4.69) is 17.6 Å². The molecule has 1 aromatic carbocycles. The fraction of sp³-hybridized carbons (Fsp3) is 0.556. The van der Waals surface area contributed by atoms with Crippen LogP contribution in [0.25, 0.3) is 0 Å². The van der Waals surface area contributed by atoms with Crippen LogP contribution in [0.3, 0.4) is 0 Å². The SMILES string of the molecule is CCCCCNC(=O)c1ccc(NC(=O)C(CC)CC)cc1. The van der Waals surface area contributed by atoms with Crippen molar-refractivity contribution in [2.75, 3.05) is 11.9 Å². The van der Waals surface area contributed by atoms with E-state index in [1.54, 1.807) is 24.3 Å². The average Bonchev–Trinajstić information content (AvgIpc) is 2.53. The van der Waals surface area contributed by atoms with Gasteiger partial charge in [0.2, 0.25) is 5.91 Å². The molecule has 0 saturated heterocycles. The fourth-order valence-corrected chi connectivity index (χ4v) is 2.29. The number of rotatable bonds is 9.